The molecule has 168 valence electrons. The van der Waals surface area contributed by atoms with E-state index in [1.165, 1.54) is 6.07 Å². The molecule has 33 heavy (non-hydrogen) atoms. The standard InChI is InChI=1S/C25H19BrClNO5/c1-2-31-21-12-7-15(13-19(21)27)24(30)25-23(18-5-3-4-6-20(18)33-25)28-22(29)14-32-17-10-8-16(26)9-11-17/h3-13H,2,14H2,1H3,(H,28,29). The summed E-state index contributed by atoms with van der Waals surface area (Å²) < 4.78 is 17.7. The summed E-state index contributed by atoms with van der Waals surface area (Å²) >= 11 is 9.61. The summed E-state index contributed by atoms with van der Waals surface area (Å²) in [5.74, 6) is 0.196. The molecular weight excluding hydrogens is 510 g/mol. The van der Waals surface area contributed by atoms with Crippen LogP contribution in [-0.4, -0.2) is 24.9 Å². The van der Waals surface area contributed by atoms with Gasteiger partial charge in [0, 0.05) is 15.4 Å². The summed E-state index contributed by atoms with van der Waals surface area (Å²) in [5.41, 5.74) is 1.07. The van der Waals surface area contributed by atoms with Gasteiger partial charge < -0.3 is 19.2 Å². The molecule has 0 atom stereocenters. The molecule has 1 aromatic heterocycles. The maximum absolute atomic E-state index is 13.3. The summed E-state index contributed by atoms with van der Waals surface area (Å²) in [4.78, 5) is 25.9. The summed E-state index contributed by atoms with van der Waals surface area (Å²) in [5, 5.41) is 3.69. The first-order valence-corrected chi connectivity index (χ1v) is 11.3. The van der Waals surface area contributed by atoms with Crippen molar-refractivity contribution < 1.29 is 23.5 Å². The van der Waals surface area contributed by atoms with Crippen molar-refractivity contribution in [3.05, 3.63) is 87.5 Å². The van der Waals surface area contributed by atoms with E-state index in [0.717, 1.165) is 4.47 Å². The normalized spacial score (nSPS) is 10.8. The highest BCUT2D eigenvalue weighted by molar-refractivity contribution is 9.10. The van der Waals surface area contributed by atoms with E-state index in [2.05, 4.69) is 21.2 Å². The van der Waals surface area contributed by atoms with Crippen molar-refractivity contribution in [2.45, 2.75) is 6.92 Å². The minimum Gasteiger partial charge on any atom is -0.492 e. The second kappa shape index (κ2) is 10.1. The molecule has 6 nitrogen and oxygen atoms in total. The highest BCUT2D eigenvalue weighted by atomic mass is 79.9. The molecule has 0 radical (unpaired) electrons. The second-order valence-corrected chi connectivity index (χ2v) is 8.32. The number of ether oxygens (including phenoxy) is 2. The van der Waals surface area contributed by atoms with E-state index in [4.69, 9.17) is 25.5 Å². The summed E-state index contributed by atoms with van der Waals surface area (Å²) in [6.45, 7) is 2.07. The Labute approximate surface area is 203 Å². The third-order valence-corrected chi connectivity index (χ3v) is 5.57. The number of fused-ring (bicyclic) bond motifs is 1. The van der Waals surface area contributed by atoms with Crippen molar-refractivity contribution in [3.8, 4) is 11.5 Å². The Morgan fingerprint density at radius 2 is 1.79 bits per heavy atom. The Morgan fingerprint density at radius 3 is 2.52 bits per heavy atom. The highest BCUT2D eigenvalue weighted by Crippen LogP contribution is 2.34. The third-order valence-electron chi connectivity index (χ3n) is 4.74. The fourth-order valence-corrected chi connectivity index (χ4v) is 3.73. The molecule has 0 saturated carbocycles. The van der Waals surface area contributed by atoms with Crippen LogP contribution in [0.1, 0.15) is 23.0 Å². The Bertz CT molecular complexity index is 1320. The minimum absolute atomic E-state index is 0.00779. The van der Waals surface area contributed by atoms with Gasteiger partial charge in [-0.2, -0.15) is 0 Å². The Morgan fingerprint density at radius 1 is 1.03 bits per heavy atom. The molecule has 0 aliphatic heterocycles. The monoisotopic (exact) mass is 527 g/mol. The maximum Gasteiger partial charge on any atom is 0.262 e. The zero-order chi connectivity index (χ0) is 23.4. The zero-order valence-electron chi connectivity index (χ0n) is 17.6. The highest BCUT2D eigenvalue weighted by Gasteiger charge is 2.24. The number of hydrogen-bond donors (Lipinski definition) is 1. The smallest absolute Gasteiger partial charge is 0.262 e. The van der Waals surface area contributed by atoms with Crippen LogP contribution in [0, 0.1) is 0 Å². The average molecular weight is 529 g/mol. The predicted octanol–water partition coefficient (Wildman–Crippen LogP) is 6.50. The van der Waals surface area contributed by atoms with Gasteiger partial charge in [-0.3, -0.25) is 9.59 Å². The van der Waals surface area contributed by atoms with Crippen molar-refractivity contribution in [2.24, 2.45) is 0 Å². The van der Waals surface area contributed by atoms with Crippen LogP contribution >= 0.6 is 27.5 Å². The predicted molar refractivity (Wildman–Crippen MR) is 131 cm³/mol. The first-order chi connectivity index (χ1) is 16.0. The van der Waals surface area contributed by atoms with Crippen molar-refractivity contribution in [3.63, 3.8) is 0 Å². The molecule has 0 bridgehead atoms. The van der Waals surface area contributed by atoms with Crippen LogP contribution in [0.25, 0.3) is 11.0 Å². The average Bonchev–Trinajstić information content (AvgIpc) is 3.18. The van der Waals surface area contributed by atoms with Gasteiger partial charge in [0.1, 0.15) is 17.1 Å². The topological polar surface area (TPSA) is 77.8 Å². The van der Waals surface area contributed by atoms with Crippen LogP contribution in [0.4, 0.5) is 5.69 Å². The molecule has 3 aromatic carbocycles. The molecule has 0 unspecified atom stereocenters. The van der Waals surface area contributed by atoms with Crippen LogP contribution in [-0.2, 0) is 4.79 Å². The quantitative estimate of drug-likeness (QED) is 0.264. The molecule has 0 aliphatic rings. The second-order valence-electron chi connectivity index (χ2n) is 7.00. The Balaban J connectivity index is 1.60. The van der Waals surface area contributed by atoms with E-state index in [1.54, 1.807) is 48.5 Å². The van der Waals surface area contributed by atoms with Crippen LogP contribution in [0.3, 0.4) is 0 Å². The molecule has 0 spiro atoms. The SMILES string of the molecule is CCOc1ccc(C(=O)c2oc3ccccc3c2NC(=O)COc2ccc(Br)cc2)cc1Cl. The lowest BCUT2D eigenvalue weighted by atomic mass is 10.1. The van der Waals surface area contributed by atoms with E-state index >= 15 is 0 Å². The molecule has 4 rings (SSSR count). The van der Waals surface area contributed by atoms with Gasteiger partial charge >= 0.3 is 0 Å². The first-order valence-electron chi connectivity index (χ1n) is 10.1. The van der Waals surface area contributed by atoms with Crippen LogP contribution in [0.15, 0.2) is 75.6 Å². The zero-order valence-corrected chi connectivity index (χ0v) is 19.9. The van der Waals surface area contributed by atoms with Gasteiger partial charge in [0.2, 0.25) is 5.78 Å². The van der Waals surface area contributed by atoms with Crippen molar-refractivity contribution in [1.29, 1.82) is 0 Å². The summed E-state index contributed by atoms with van der Waals surface area (Å²) in [6.07, 6.45) is 0. The van der Waals surface area contributed by atoms with Gasteiger partial charge in [0.25, 0.3) is 5.91 Å². The number of furan rings is 1. The number of halogens is 2. The molecule has 1 heterocycles. The molecule has 1 N–H and O–H groups in total. The molecular formula is C25H19BrClNO5. The fourth-order valence-electron chi connectivity index (χ4n) is 3.23. The van der Waals surface area contributed by atoms with Gasteiger partial charge in [-0.25, -0.2) is 0 Å². The van der Waals surface area contributed by atoms with Gasteiger partial charge in [0.05, 0.1) is 17.3 Å². The number of anilines is 1. The number of ketones is 1. The maximum atomic E-state index is 13.3. The van der Waals surface area contributed by atoms with Gasteiger partial charge in [-0.05, 0) is 61.5 Å². The van der Waals surface area contributed by atoms with E-state index in [-0.39, 0.29) is 18.1 Å². The van der Waals surface area contributed by atoms with Gasteiger partial charge in [-0.1, -0.05) is 39.7 Å². The van der Waals surface area contributed by atoms with E-state index in [1.807, 2.05) is 19.1 Å². The molecule has 0 aliphatic carbocycles. The Kier molecular flexibility index (Phi) is 7.01. The van der Waals surface area contributed by atoms with Crippen LogP contribution in [0.2, 0.25) is 5.02 Å². The largest absolute Gasteiger partial charge is 0.492 e. The number of rotatable bonds is 8. The first kappa shape index (κ1) is 22.9. The lowest BCUT2D eigenvalue weighted by Gasteiger charge is -2.09. The molecule has 1 amide bonds. The van der Waals surface area contributed by atoms with Gasteiger partial charge in [-0.15, -0.1) is 0 Å². The molecule has 4 aromatic rings. The minimum atomic E-state index is -0.428. The van der Waals surface area contributed by atoms with E-state index in [9.17, 15) is 9.59 Å². The number of carbonyl (C=O) groups is 2. The van der Waals surface area contributed by atoms with E-state index in [0.29, 0.717) is 39.7 Å². The molecule has 0 fully saturated rings. The lowest BCUT2D eigenvalue weighted by Crippen LogP contribution is -2.21. The Hall–Kier alpha value is -3.29. The third kappa shape index (κ3) is 5.21. The van der Waals surface area contributed by atoms with E-state index < -0.39 is 11.7 Å². The number of para-hydroxylation sites is 1. The van der Waals surface area contributed by atoms with Crippen molar-refractivity contribution >= 4 is 55.9 Å². The van der Waals surface area contributed by atoms with Gasteiger partial charge in [0.15, 0.2) is 12.4 Å². The molecule has 0 saturated heterocycles. The van der Waals surface area contributed by atoms with Crippen molar-refractivity contribution in [2.75, 3.05) is 18.5 Å². The number of amides is 1. The number of hydrogen-bond acceptors (Lipinski definition) is 5. The van der Waals surface area contributed by atoms with Crippen LogP contribution < -0.4 is 14.8 Å². The van der Waals surface area contributed by atoms with Crippen molar-refractivity contribution in [1.82, 2.24) is 0 Å². The number of benzene rings is 3. The summed E-state index contributed by atoms with van der Waals surface area (Å²) in [7, 11) is 0. The number of nitrogens with one attached hydrogen (secondary N) is 1. The molecule has 8 heteroatoms. The lowest BCUT2D eigenvalue weighted by molar-refractivity contribution is -0.118. The fraction of sp³-hybridized carbons (Fsp3) is 0.120. The number of carbonyl (C=O) groups excluding carboxylic acids is 2. The van der Waals surface area contributed by atoms with Crippen LogP contribution in [0.5, 0.6) is 11.5 Å². The summed E-state index contributed by atoms with van der Waals surface area (Å²) in [6, 6.07) is 19.0.